The van der Waals surface area contributed by atoms with Crippen molar-refractivity contribution in [1.82, 2.24) is 25.6 Å². The minimum Gasteiger partial charge on any atom is -0.350 e. The molecular weight excluding hydrogens is 254 g/mol. The number of carbonyl (C=O) groups is 1. The van der Waals surface area contributed by atoms with E-state index in [1.165, 1.54) is 25.9 Å². The van der Waals surface area contributed by atoms with Crippen LogP contribution in [0.1, 0.15) is 45.2 Å². The van der Waals surface area contributed by atoms with Crippen LogP contribution in [0.2, 0.25) is 0 Å². The average molecular weight is 279 g/mol. The van der Waals surface area contributed by atoms with E-state index in [0.29, 0.717) is 24.9 Å². The molecule has 1 aliphatic rings. The normalized spacial score (nSPS) is 17.6. The fraction of sp³-hybridized carbons (Fsp3) is 0.786. The van der Waals surface area contributed by atoms with Crippen LogP contribution < -0.4 is 5.32 Å². The van der Waals surface area contributed by atoms with Crippen LogP contribution in [0.25, 0.3) is 0 Å². The summed E-state index contributed by atoms with van der Waals surface area (Å²) in [6, 6.07) is 0.640. The molecule has 0 aromatic carbocycles. The van der Waals surface area contributed by atoms with Crippen molar-refractivity contribution in [2.24, 2.45) is 5.92 Å². The first kappa shape index (κ1) is 15.0. The number of aromatic nitrogens is 3. The van der Waals surface area contributed by atoms with Crippen molar-refractivity contribution in [2.45, 2.75) is 52.1 Å². The average Bonchev–Trinajstić information content (AvgIpc) is 2.96. The van der Waals surface area contributed by atoms with Gasteiger partial charge in [-0.3, -0.25) is 4.79 Å². The number of amides is 1. The third-order valence-corrected chi connectivity index (χ3v) is 4.09. The first-order valence-electron chi connectivity index (χ1n) is 7.50. The fourth-order valence-corrected chi connectivity index (χ4v) is 2.68. The molecule has 20 heavy (non-hydrogen) atoms. The van der Waals surface area contributed by atoms with E-state index in [1.54, 1.807) is 6.20 Å². The second-order valence-electron chi connectivity index (χ2n) is 5.85. The number of aromatic amines is 1. The molecule has 1 aromatic heterocycles. The molecule has 0 aliphatic carbocycles. The molecular formula is C14H25N5O. The predicted molar refractivity (Wildman–Crippen MR) is 76.9 cm³/mol. The van der Waals surface area contributed by atoms with E-state index in [4.69, 9.17) is 0 Å². The van der Waals surface area contributed by atoms with Crippen molar-refractivity contribution in [1.29, 1.82) is 0 Å². The molecule has 6 nitrogen and oxygen atoms in total. The molecule has 6 heteroatoms. The zero-order valence-corrected chi connectivity index (χ0v) is 12.4. The lowest BCUT2D eigenvalue weighted by Crippen LogP contribution is -2.38. The largest absolute Gasteiger partial charge is 0.350 e. The number of likely N-dealkylation sites (tertiary alicyclic amines) is 1. The van der Waals surface area contributed by atoms with Crippen molar-refractivity contribution in [3.63, 3.8) is 0 Å². The van der Waals surface area contributed by atoms with Crippen LogP contribution in [-0.2, 0) is 11.3 Å². The van der Waals surface area contributed by atoms with Gasteiger partial charge in [-0.05, 0) is 52.1 Å². The van der Waals surface area contributed by atoms with Crippen LogP contribution in [-0.4, -0.2) is 45.3 Å². The number of H-pyrrole nitrogens is 1. The smallest absolute Gasteiger partial charge is 0.220 e. The summed E-state index contributed by atoms with van der Waals surface area (Å²) in [6.07, 6.45) is 5.67. The van der Waals surface area contributed by atoms with E-state index >= 15 is 0 Å². The highest BCUT2D eigenvalue weighted by atomic mass is 16.1. The summed E-state index contributed by atoms with van der Waals surface area (Å²) in [5, 5.41) is 13.0. The van der Waals surface area contributed by atoms with Crippen LogP contribution in [0.4, 0.5) is 0 Å². The lowest BCUT2D eigenvalue weighted by atomic mass is 9.91. The molecule has 112 valence electrons. The molecule has 2 rings (SSSR count). The molecule has 0 unspecified atom stereocenters. The van der Waals surface area contributed by atoms with Gasteiger partial charge in [0.2, 0.25) is 5.91 Å². The number of hydrogen-bond donors (Lipinski definition) is 2. The van der Waals surface area contributed by atoms with E-state index in [9.17, 15) is 4.79 Å². The van der Waals surface area contributed by atoms with Gasteiger partial charge in [-0.1, -0.05) is 0 Å². The minimum atomic E-state index is 0.110. The third kappa shape index (κ3) is 4.59. The Balaban J connectivity index is 1.59. The number of nitrogens with one attached hydrogen (secondary N) is 2. The Morgan fingerprint density at radius 1 is 1.50 bits per heavy atom. The van der Waals surface area contributed by atoms with E-state index in [0.717, 1.165) is 12.1 Å². The van der Waals surface area contributed by atoms with Gasteiger partial charge in [0.15, 0.2) is 0 Å². The van der Waals surface area contributed by atoms with E-state index in [-0.39, 0.29) is 5.91 Å². The zero-order valence-electron chi connectivity index (χ0n) is 12.4. The lowest BCUT2D eigenvalue weighted by molar-refractivity contribution is -0.121. The third-order valence-electron chi connectivity index (χ3n) is 4.09. The SMILES string of the molecule is CC(C)N1CCC(CCC(=O)NCc2cn[nH]n2)CC1. The van der Waals surface area contributed by atoms with Crippen molar-refractivity contribution >= 4 is 5.91 Å². The monoisotopic (exact) mass is 279 g/mol. The lowest BCUT2D eigenvalue weighted by Gasteiger charge is -2.34. The molecule has 0 saturated carbocycles. The van der Waals surface area contributed by atoms with Gasteiger partial charge in [0.05, 0.1) is 12.7 Å². The molecule has 1 saturated heterocycles. The summed E-state index contributed by atoms with van der Waals surface area (Å²) in [5.74, 6) is 0.807. The van der Waals surface area contributed by atoms with Crippen molar-refractivity contribution in [2.75, 3.05) is 13.1 Å². The summed E-state index contributed by atoms with van der Waals surface area (Å²) in [6.45, 7) is 7.29. The van der Waals surface area contributed by atoms with E-state index < -0.39 is 0 Å². The molecule has 1 fully saturated rings. The molecule has 0 radical (unpaired) electrons. The van der Waals surface area contributed by atoms with Crippen LogP contribution in [0.15, 0.2) is 6.20 Å². The number of hydrogen-bond acceptors (Lipinski definition) is 4. The molecule has 0 spiro atoms. The highest BCUT2D eigenvalue weighted by molar-refractivity contribution is 5.75. The van der Waals surface area contributed by atoms with Crippen LogP contribution in [0.3, 0.4) is 0 Å². The summed E-state index contributed by atoms with van der Waals surface area (Å²) in [7, 11) is 0. The fourth-order valence-electron chi connectivity index (χ4n) is 2.68. The highest BCUT2D eigenvalue weighted by Gasteiger charge is 2.21. The Hall–Kier alpha value is -1.43. The van der Waals surface area contributed by atoms with Gasteiger partial charge < -0.3 is 10.2 Å². The van der Waals surface area contributed by atoms with Crippen molar-refractivity contribution < 1.29 is 4.79 Å². The molecule has 1 amide bonds. The van der Waals surface area contributed by atoms with E-state index in [1.807, 2.05) is 0 Å². The Kier molecular flexibility index (Phi) is 5.52. The predicted octanol–water partition coefficient (Wildman–Crippen LogP) is 1.32. The van der Waals surface area contributed by atoms with Crippen molar-refractivity contribution in [3.05, 3.63) is 11.9 Å². The van der Waals surface area contributed by atoms with Crippen LogP contribution in [0, 0.1) is 5.92 Å². The molecule has 1 aromatic rings. The van der Waals surface area contributed by atoms with Gasteiger partial charge in [-0.15, -0.1) is 0 Å². The van der Waals surface area contributed by atoms with Crippen LogP contribution in [0.5, 0.6) is 0 Å². The Morgan fingerprint density at radius 3 is 2.85 bits per heavy atom. The first-order chi connectivity index (χ1) is 9.65. The van der Waals surface area contributed by atoms with Gasteiger partial charge in [0, 0.05) is 12.5 Å². The molecule has 0 bridgehead atoms. The second kappa shape index (κ2) is 7.38. The van der Waals surface area contributed by atoms with Crippen LogP contribution >= 0.6 is 0 Å². The number of carbonyl (C=O) groups excluding carboxylic acids is 1. The molecule has 0 atom stereocenters. The number of piperidine rings is 1. The van der Waals surface area contributed by atoms with Gasteiger partial charge in [0.1, 0.15) is 5.69 Å². The zero-order chi connectivity index (χ0) is 14.4. The van der Waals surface area contributed by atoms with Gasteiger partial charge >= 0.3 is 0 Å². The Labute approximate surface area is 120 Å². The Bertz CT molecular complexity index is 396. The number of nitrogens with zero attached hydrogens (tertiary/aromatic N) is 3. The standard InChI is InChI=1S/C14H25N5O/c1-11(2)19-7-5-12(6-8-19)3-4-14(20)15-9-13-10-16-18-17-13/h10-12H,3-9H2,1-2H3,(H,15,20)(H,16,17,18). The van der Waals surface area contributed by atoms with E-state index in [2.05, 4.69) is 39.5 Å². The first-order valence-corrected chi connectivity index (χ1v) is 7.50. The highest BCUT2D eigenvalue weighted by Crippen LogP contribution is 2.22. The van der Waals surface area contributed by atoms with Crippen molar-refractivity contribution in [3.8, 4) is 0 Å². The summed E-state index contributed by atoms with van der Waals surface area (Å²) in [4.78, 5) is 14.3. The van der Waals surface area contributed by atoms with Gasteiger partial charge in [0.25, 0.3) is 0 Å². The summed E-state index contributed by atoms with van der Waals surface area (Å²) in [5.41, 5.74) is 0.767. The maximum Gasteiger partial charge on any atom is 0.220 e. The second-order valence-corrected chi connectivity index (χ2v) is 5.85. The maximum absolute atomic E-state index is 11.8. The minimum absolute atomic E-state index is 0.110. The topological polar surface area (TPSA) is 73.9 Å². The molecule has 1 aliphatic heterocycles. The molecule has 2 heterocycles. The van der Waals surface area contributed by atoms with Gasteiger partial charge in [-0.2, -0.15) is 15.4 Å². The quantitative estimate of drug-likeness (QED) is 0.823. The number of rotatable bonds is 6. The van der Waals surface area contributed by atoms with Gasteiger partial charge in [-0.25, -0.2) is 0 Å². The summed E-state index contributed by atoms with van der Waals surface area (Å²) >= 11 is 0. The Morgan fingerprint density at radius 2 is 2.25 bits per heavy atom. The summed E-state index contributed by atoms with van der Waals surface area (Å²) < 4.78 is 0. The molecule has 2 N–H and O–H groups in total. The maximum atomic E-state index is 11.8.